The van der Waals surface area contributed by atoms with Gasteiger partial charge in [0.25, 0.3) is 0 Å². The van der Waals surface area contributed by atoms with Gasteiger partial charge in [-0.2, -0.15) is 0 Å². The first-order valence-corrected chi connectivity index (χ1v) is 10.8. The lowest BCUT2D eigenvalue weighted by molar-refractivity contribution is 0.0588. The van der Waals surface area contributed by atoms with Crippen molar-refractivity contribution in [1.29, 1.82) is 0 Å². The van der Waals surface area contributed by atoms with Gasteiger partial charge in [-0.15, -0.1) is 0 Å². The summed E-state index contributed by atoms with van der Waals surface area (Å²) in [6, 6.07) is 0.893. The van der Waals surface area contributed by atoms with Crippen molar-refractivity contribution in [3.63, 3.8) is 0 Å². The summed E-state index contributed by atoms with van der Waals surface area (Å²) < 4.78 is 23.3. The highest BCUT2D eigenvalue weighted by Crippen LogP contribution is 2.19. The van der Waals surface area contributed by atoms with Gasteiger partial charge in [-0.1, -0.05) is 20.8 Å². The highest BCUT2D eigenvalue weighted by Gasteiger charge is 2.40. The van der Waals surface area contributed by atoms with E-state index in [-0.39, 0.29) is 0 Å². The van der Waals surface area contributed by atoms with Gasteiger partial charge in [-0.25, -0.2) is 0 Å². The molecular weight excluding hydrogens is 298 g/mol. The van der Waals surface area contributed by atoms with Gasteiger partial charge >= 0.3 is 8.80 Å². The molecule has 0 spiro atoms. The van der Waals surface area contributed by atoms with Crippen LogP contribution in [0.1, 0.15) is 52.9 Å². The van der Waals surface area contributed by atoms with Crippen LogP contribution in [0.5, 0.6) is 0 Å². The van der Waals surface area contributed by atoms with Gasteiger partial charge in [0.05, 0.1) is 0 Å². The summed E-state index contributed by atoms with van der Waals surface area (Å²) in [4.78, 5) is 0. The smallest absolute Gasteiger partial charge is 0.385 e. The summed E-state index contributed by atoms with van der Waals surface area (Å²) in [6.07, 6.45) is 5.05. The Labute approximate surface area is 138 Å². The number of nitrogens with one attached hydrogen (secondary N) is 1. The van der Waals surface area contributed by atoms with E-state index in [9.17, 15) is 0 Å². The second kappa shape index (κ2) is 15.9. The predicted molar refractivity (Wildman–Crippen MR) is 93.3 cm³/mol. The maximum atomic E-state index is 6.07. The monoisotopic (exact) mass is 335 g/mol. The van der Waals surface area contributed by atoms with Gasteiger partial charge in [0.1, 0.15) is 0 Å². The largest absolute Gasteiger partial charge is 0.501 e. The van der Waals surface area contributed by atoms with Crippen molar-refractivity contribution < 1.29 is 18.0 Å². The van der Waals surface area contributed by atoms with Crippen molar-refractivity contribution in [2.45, 2.75) is 58.9 Å². The highest BCUT2D eigenvalue weighted by molar-refractivity contribution is 6.60. The second-order valence-electron chi connectivity index (χ2n) is 5.43. The zero-order chi connectivity index (χ0) is 16.5. The SMILES string of the molecule is CCCO[Si](CCCNCCCOC)(OCCC)OCCC. The van der Waals surface area contributed by atoms with E-state index in [0.717, 1.165) is 77.7 Å². The van der Waals surface area contributed by atoms with E-state index in [2.05, 4.69) is 26.1 Å². The number of hydrogen-bond donors (Lipinski definition) is 1. The molecule has 0 aliphatic rings. The van der Waals surface area contributed by atoms with Gasteiger partial charge in [-0.05, 0) is 45.2 Å². The Bertz CT molecular complexity index is 210. The van der Waals surface area contributed by atoms with Gasteiger partial charge in [0.15, 0.2) is 0 Å². The fourth-order valence-corrected chi connectivity index (χ4v) is 4.85. The van der Waals surface area contributed by atoms with Gasteiger partial charge < -0.3 is 23.3 Å². The Balaban J connectivity index is 4.21. The van der Waals surface area contributed by atoms with Crippen LogP contribution in [0.25, 0.3) is 0 Å². The van der Waals surface area contributed by atoms with Crippen molar-refractivity contribution in [3.05, 3.63) is 0 Å². The molecule has 0 aliphatic carbocycles. The van der Waals surface area contributed by atoms with E-state index >= 15 is 0 Å². The van der Waals surface area contributed by atoms with Gasteiger partial charge in [-0.3, -0.25) is 0 Å². The predicted octanol–water partition coefficient (Wildman–Crippen LogP) is 3.22. The van der Waals surface area contributed by atoms with Crippen LogP contribution in [0.2, 0.25) is 6.04 Å². The third kappa shape index (κ3) is 11.6. The molecular formula is C16H37NO4Si. The lowest BCUT2D eigenvalue weighted by atomic mass is 10.4. The van der Waals surface area contributed by atoms with Crippen molar-refractivity contribution in [1.82, 2.24) is 5.32 Å². The average molecular weight is 336 g/mol. The summed E-state index contributed by atoms with van der Waals surface area (Å²) in [6.45, 7) is 11.3. The van der Waals surface area contributed by atoms with Crippen molar-refractivity contribution in [2.24, 2.45) is 0 Å². The van der Waals surface area contributed by atoms with Crippen LogP contribution in [0.3, 0.4) is 0 Å². The van der Waals surface area contributed by atoms with Crippen LogP contribution >= 0.6 is 0 Å². The van der Waals surface area contributed by atoms with E-state index in [1.807, 2.05) is 0 Å². The second-order valence-corrected chi connectivity index (χ2v) is 8.16. The first-order chi connectivity index (χ1) is 10.7. The lowest BCUT2D eigenvalue weighted by Crippen LogP contribution is -2.47. The van der Waals surface area contributed by atoms with E-state index < -0.39 is 8.80 Å². The number of methoxy groups -OCH3 is 1. The molecule has 0 aromatic rings. The zero-order valence-corrected chi connectivity index (χ0v) is 16.1. The molecule has 0 bridgehead atoms. The molecule has 0 saturated heterocycles. The van der Waals surface area contributed by atoms with Crippen LogP contribution < -0.4 is 5.32 Å². The molecule has 1 N–H and O–H groups in total. The Kier molecular flexibility index (Phi) is 15.9. The molecule has 0 aliphatic heterocycles. The molecule has 0 atom stereocenters. The molecule has 0 amide bonds. The van der Waals surface area contributed by atoms with Gasteiger partial charge in [0.2, 0.25) is 0 Å². The standard InChI is InChI=1S/C16H37NO4Si/c1-5-12-19-22(20-13-6-2,21-14-7-3)16-9-11-17-10-8-15-18-4/h17H,5-16H2,1-4H3. The lowest BCUT2D eigenvalue weighted by Gasteiger charge is -2.29. The zero-order valence-electron chi connectivity index (χ0n) is 15.1. The minimum Gasteiger partial charge on any atom is -0.385 e. The molecule has 5 nitrogen and oxygen atoms in total. The molecule has 0 radical (unpaired) electrons. The fraction of sp³-hybridized carbons (Fsp3) is 1.00. The quantitative estimate of drug-likeness (QED) is 0.327. The van der Waals surface area contributed by atoms with Crippen molar-refractivity contribution in [2.75, 3.05) is 46.6 Å². The molecule has 0 rings (SSSR count). The first-order valence-electron chi connectivity index (χ1n) is 8.86. The Morgan fingerprint density at radius 1 is 0.727 bits per heavy atom. The van der Waals surface area contributed by atoms with Gasteiger partial charge in [0, 0.05) is 39.6 Å². The van der Waals surface area contributed by atoms with Crippen LogP contribution in [0.15, 0.2) is 0 Å². The van der Waals surface area contributed by atoms with E-state index in [0.29, 0.717) is 0 Å². The van der Waals surface area contributed by atoms with E-state index in [1.165, 1.54) is 0 Å². The summed E-state index contributed by atoms with van der Waals surface area (Å²) >= 11 is 0. The molecule has 0 aromatic carbocycles. The number of rotatable bonds is 17. The van der Waals surface area contributed by atoms with Crippen molar-refractivity contribution in [3.8, 4) is 0 Å². The summed E-state index contributed by atoms with van der Waals surface area (Å²) in [5.41, 5.74) is 0. The third-order valence-electron chi connectivity index (χ3n) is 3.12. The highest BCUT2D eigenvalue weighted by atomic mass is 28.4. The maximum absolute atomic E-state index is 6.07. The molecule has 0 aromatic heterocycles. The normalized spacial score (nSPS) is 12.0. The molecule has 0 unspecified atom stereocenters. The molecule has 0 fully saturated rings. The Morgan fingerprint density at radius 3 is 1.68 bits per heavy atom. The Hall–Kier alpha value is 0.0169. The molecule has 22 heavy (non-hydrogen) atoms. The molecule has 0 saturated carbocycles. The molecule has 134 valence electrons. The third-order valence-corrected chi connectivity index (χ3v) is 6.01. The number of hydrogen-bond acceptors (Lipinski definition) is 5. The maximum Gasteiger partial charge on any atom is 0.501 e. The van der Waals surface area contributed by atoms with Crippen LogP contribution in [0.4, 0.5) is 0 Å². The van der Waals surface area contributed by atoms with E-state index in [4.69, 9.17) is 18.0 Å². The summed E-state index contributed by atoms with van der Waals surface area (Å²) in [5.74, 6) is 0. The Morgan fingerprint density at radius 2 is 1.23 bits per heavy atom. The van der Waals surface area contributed by atoms with E-state index in [1.54, 1.807) is 7.11 Å². The minimum absolute atomic E-state index is 0.723. The number of ether oxygens (including phenoxy) is 1. The summed E-state index contributed by atoms with van der Waals surface area (Å²) in [7, 11) is -0.761. The van der Waals surface area contributed by atoms with Crippen LogP contribution in [0, 0.1) is 0 Å². The topological polar surface area (TPSA) is 49.0 Å². The van der Waals surface area contributed by atoms with Crippen LogP contribution in [-0.4, -0.2) is 55.4 Å². The van der Waals surface area contributed by atoms with Crippen molar-refractivity contribution >= 4 is 8.80 Å². The molecule has 0 heterocycles. The minimum atomic E-state index is -2.50. The molecule has 6 heteroatoms. The van der Waals surface area contributed by atoms with Crippen LogP contribution in [-0.2, 0) is 18.0 Å². The fourth-order valence-electron chi connectivity index (χ4n) is 2.01. The first kappa shape index (κ1) is 22.0. The summed E-state index contributed by atoms with van der Waals surface area (Å²) in [5, 5.41) is 3.44. The average Bonchev–Trinajstić information content (AvgIpc) is 2.55.